The normalized spacial score (nSPS) is 21.6. The van der Waals surface area contributed by atoms with Gasteiger partial charge in [0, 0.05) is 68.6 Å². The minimum absolute atomic E-state index is 0.0629. The summed E-state index contributed by atoms with van der Waals surface area (Å²) in [5.41, 5.74) is 3.08. The van der Waals surface area contributed by atoms with E-state index in [-0.39, 0.29) is 17.9 Å². The van der Waals surface area contributed by atoms with E-state index in [0.29, 0.717) is 38.3 Å². The van der Waals surface area contributed by atoms with Gasteiger partial charge in [0.15, 0.2) is 5.13 Å². The molecule has 1 aromatic carbocycles. The summed E-state index contributed by atoms with van der Waals surface area (Å²) in [4.78, 5) is 30.1. The van der Waals surface area contributed by atoms with Crippen molar-refractivity contribution < 1.29 is 19.4 Å². The van der Waals surface area contributed by atoms with Gasteiger partial charge in [0.1, 0.15) is 11.4 Å². The van der Waals surface area contributed by atoms with E-state index in [9.17, 15) is 9.90 Å². The van der Waals surface area contributed by atoms with Crippen LogP contribution in [0.3, 0.4) is 0 Å². The highest BCUT2D eigenvalue weighted by Gasteiger charge is 2.33. The van der Waals surface area contributed by atoms with Crippen molar-refractivity contribution >= 4 is 39.0 Å². The Hall–Kier alpha value is -2.95. The van der Waals surface area contributed by atoms with Gasteiger partial charge in [-0.2, -0.15) is 0 Å². The van der Waals surface area contributed by atoms with Gasteiger partial charge in [-0.1, -0.05) is 6.07 Å². The Balaban J connectivity index is 1.24. The number of piperidine rings is 1. The van der Waals surface area contributed by atoms with Crippen LogP contribution in [0.2, 0.25) is 0 Å². The zero-order valence-electron chi connectivity index (χ0n) is 23.9. The number of aromatic nitrogens is 2. The summed E-state index contributed by atoms with van der Waals surface area (Å²) in [5.74, 6) is 1.44. The van der Waals surface area contributed by atoms with Crippen LogP contribution in [-0.2, 0) is 9.53 Å². The molecule has 41 heavy (non-hydrogen) atoms. The molecule has 3 aliphatic heterocycles. The molecule has 9 nitrogen and oxygen atoms in total. The number of fused-ring (bicyclic) bond motifs is 1. The fraction of sp³-hybridized carbons (Fsp3) is 0.581. The van der Waals surface area contributed by atoms with Crippen molar-refractivity contribution in [3.63, 3.8) is 0 Å². The molecule has 3 fully saturated rings. The number of hydrogen-bond acceptors (Lipinski definition) is 9. The van der Waals surface area contributed by atoms with Gasteiger partial charge in [-0.15, -0.1) is 11.3 Å². The highest BCUT2D eigenvalue weighted by Crippen LogP contribution is 2.41. The van der Waals surface area contributed by atoms with Crippen LogP contribution >= 0.6 is 11.3 Å². The molecule has 1 N–H and O–H groups in total. The molecule has 1 amide bonds. The van der Waals surface area contributed by atoms with Crippen LogP contribution in [0.25, 0.3) is 10.9 Å². The lowest BCUT2D eigenvalue weighted by Crippen LogP contribution is -2.41. The number of thiazole rings is 1. The number of hydrogen-bond donors (Lipinski definition) is 1. The molecule has 3 aromatic rings. The second-order valence-electron chi connectivity index (χ2n) is 11.4. The SMILES string of the molecule is COc1ccc2cccnc2c1N1CCCC(C(CC(=O)N2CCC(O)CC2)c2csc(N3CCOCC3)n2)CC1. The van der Waals surface area contributed by atoms with Crippen LogP contribution in [0, 0.1) is 5.92 Å². The maximum atomic E-state index is 13.6. The predicted molar refractivity (Wildman–Crippen MR) is 162 cm³/mol. The Labute approximate surface area is 246 Å². The van der Waals surface area contributed by atoms with Crippen LogP contribution in [-0.4, -0.2) is 91.6 Å². The van der Waals surface area contributed by atoms with Crippen molar-refractivity contribution in [1.82, 2.24) is 14.9 Å². The van der Waals surface area contributed by atoms with E-state index in [4.69, 9.17) is 19.4 Å². The molecule has 2 aromatic heterocycles. The zero-order valence-corrected chi connectivity index (χ0v) is 24.7. The van der Waals surface area contributed by atoms with Crippen molar-refractivity contribution in [1.29, 1.82) is 0 Å². The summed E-state index contributed by atoms with van der Waals surface area (Å²) in [5, 5.41) is 14.3. The molecule has 10 heteroatoms. The van der Waals surface area contributed by atoms with Gasteiger partial charge >= 0.3 is 0 Å². The molecule has 0 saturated carbocycles. The Bertz CT molecular complexity index is 1320. The second kappa shape index (κ2) is 12.9. The maximum absolute atomic E-state index is 13.6. The van der Waals surface area contributed by atoms with Crippen LogP contribution in [0.5, 0.6) is 5.75 Å². The molecule has 2 atom stereocenters. The number of amides is 1. The third-order valence-electron chi connectivity index (χ3n) is 8.97. The standard InChI is InChI=1S/C31H41N5O4S/c1-39-27-7-6-23-4-2-11-32-29(23)30(27)35-12-3-5-22(8-13-35)25(20-28(38)34-14-9-24(37)10-15-34)26-21-41-31(33-26)36-16-18-40-19-17-36/h2,4,6-7,11,21-22,24-25,37H,3,5,8-10,12-20H2,1H3. The highest BCUT2D eigenvalue weighted by molar-refractivity contribution is 7.13. The minimum Gasteiger partial charge on any atom is -0.494 e. The first-order valence-corrected chi connectivity index (χ1v) is 15.9. The number of benzene rings is 1. The fourth-order valence-electron chi connectivity index (χ4n) is 6.62. The molecule has 0 aliphatic carbocycles. The van der Waals surface area contributed by atoms with Crippen molar-refractivity contribution in [3.05, 3.63) is 41.5 Å². The first kappa shape index (κ1) is 28.2. The van der Waals surface area contributed by atoms with E-state index in [2.05, 4.69) is 27.3 Å². The van der Waals surface area contributed by atoms with Gasteiger partial charge in [-0.3, -0.25) is 9.78 Å². The minimum atomic E-state index is -0.294. The van der Waals surface area contributed by atoms with Gasteiger partial charge < -0.3 is 29.3 Å². The van der Waals surface area contributed by atoms with E-state index >= 15 is 0 Å². The third kappa shape index (κ3) is 6.29. The summed E-state index contributed by atoms with van der Waals surface area (Å²) in [6.45, 7) is 6.22. The predicted octanol–water partition coefficient (Wildman–Crippen LogP) is 4.30. The number of methoxy groups -OCH3 is 1. The molecule has 2 unspecified atom stereocenters. The summed E-state index contributed by atoms with van der Waals surface area (Å²) in [6, 6.07) is 8.18. The van der Waals surface area contributed by atoms with E-state index in [1.807, 2.05) is 23.2 Å². The lowest BCUT2D eigenvalue weighted by atomic mass is 9.82. The monoisotopic (exact) mass is 579 g/mol. The van der Waals surface area contributed by atoms with Crippen molar-refractivity contribution in [3.8, 4) is 5.75 Å². The van der Waals surface area contributed by atoms with Gasteiger partial charge in [-0.25, -0.2) is 4.98 Å². The highest BCUT2D eigenvalue weighted by atomic mass is 32.1. The van der Waals surface area contributed by atoms with Crippen molar-refractivity contribution in [2.75, 3.05) is 69.4 Å². The number of rotatable bonds is 7. The van der Waals surface area contributed by atoms with Crippen LogP contribution in [0.4, 0.5) is 10.8 Å². The summed E-state index contributed by atoms with van der Waals surface area (Å²) in [6.07, 6.45) is 6.37. The molecule has 0 bridgehead atoms. The lowest BCUT2D eigenvalue weighted by Gasteiger charge is -2.32. The molecule has 5 heterocycles. The number of anilines is 2. The van der Waals surface area contributed by atoms with Crippen molar-refractivity contribution in [2.24, 2.45) is 5.92 Å². The topological polar surface area (TPSA) is 91.3 Å². The maximum Gasteiger partial charge on any atom is 0.223 e. The number of ether oxygens (including phenoxy) is 2. The third-order valence-corrected chi connectivity index (χ3v) is 9.89. The summed E-state index contributed by atoms with van der Waals surface area (Å²) < 4.78 is 11.4. The zero-order chi connectivity index (χ0) is 28.2. The number of likely N-dealkylation sites (tertiary alicyclic amines) is 1. The summed E-state index contributed by atoms with van der Waals surface area (Å²) in [7, 11) is 1.73. The number of nitrogens with zero attached hydrogens (tertiary/aromatic N) is 5. The number of carbonyl (C=O) groups is 1. The van der Waals surface area contributed by atoms with Gasteiger partial charge in [0.05, 0.1) is 37.6 Å². The lowest BCUT2D eigenvalue weighted by molar-refractivity contribution is -0.134. The summed E-state index contributed by atoms with van der Waals surface area (Å²) >= 11 is 1.69. The van der Waals surface area contributed by atoms with E-state index in [1.165, 1.54) is 0 Å². The quantitative estimate of drug-likeness (QED) is 0.443. The van der Waals surface area contributed by atoms with Crippen molar-refractivity contribution in [2.45, 2.75) is 50.5 Å². The molecule has 0 radical (unpaired) electrons. The molecule has 220 valence electrons. The Morgan fingerprint density at radius 1 is 1.07 bits per heavy atom. The molecule has 3 saturated heterocycles. The van der Waals surface area contributed by atoms with Gasteiger partial charge in [0.2, 0.25) is 5.91 Å². The van der Waals surface area contributed by atoms with E-state index in [0.717, 1.165) is 91.8 Å². The van der Waals surface area contributed by atoms with Crippen LogP contribution < -0.4 is 14.5 Å². The number of aliphatic hydroxyl groups is 1. The first-order chi connectivity index (χ1) is 20.1. The first-order valence-electron chi connectivity index (χ1n) is 15.0. The van der Waals surface area contributed by atoms with Crippen LogP contribution in [0.1, 0.15) is 50.1 Å². The second-order valence-corrected chi connectivity index (χ2v) is 12.3. The average molecular weight is 580 g/mol. The Morgan fingerprint density at radius 2 is 1.90 bits per heavy atom. The molecule has 0 spiro atoms. The fourth-order valence-corrected chi connectivity index (χ4v) is 7.56. The Kier molecular flexibility index (Phi) is 8.88. The van der Waals surface area contributed by atoms with Gasteiger partial charge in [0.25, 0.3) is 0 Å². The molecule has 6 rings (SSSR count). The smallest absolute Gasteiger partial charge is 0.223 e. The number of aliphatic hydroxyl groups excluding tert-OH is 1. The van der Waals surface area contributed by atoms with E-state index < -0.39 is 0 Å². The van der Waals surface area contributed by atoms with Gasteiger partial charge in [-0.05, 0) is 56.2 Å². The number of morpholine rings is 1. The Morgan fingerprint density at radius 3 is 2.71 bits per heavy atom. The number of carbonyl (C=O) groups excluding carboxylic acids is 1. The van der Waals surface area contributed by atoms with Crippen LogP contribution in [0.15, 0.2) is 35.8 Å². The largest absolute Gasteiger partial charge is 0.494 e. The average Bonchev–Trinajstić information content (AvgIpc) is 3.38. The van der Waals surface area contributed by atoms with E-state index in [1.54, 1.807) is 18.4 Å². The molecule has 3 aliphatic rings. The number of pyridine rings is 1. The molecular weight excluding hydrogens is 538 g/mol. The molecular formula is C31H41N5O4S.